The second-order valence-corrected chi connectivity index (χ2v) is 6.30. The van der Waals surface area contributed by atoms with E-state index in [1.165, 1.54) is 0 Å². The Morgan fingerprint density at radius 1 is 1.25 bits per heavy atom. The van der Waals surface area contributed by atoms with Gasteiger partial charge in [-0.3, -0.25) is 9.59 Å². The molecule has 1 unspecified atom stereocenters. The summed E-state index contributed by atoms with van der Waals surface area (Å²) in [6.07, 6.45) is 1.16. The summed E-state index contributed by atoms with van der Waals surface area (Å²) in [6.45, 7) is 1.99. The van der Waals surface area contributed by atoms with E-state index >= 15 is 0 Å². The highest BCUT2D eigenvalue weighted by molar-refractivity contribution is 6.31. The summed E-state index contributed by atoms with van der Waals surface area (Å²) in [6, 6.07) is 14.9. The fourth-order valence-corrected chi connectivity index (χ4v) is 3.24. The molecule has 0 saturated carbocycles. The number of amides is 2. The molecule has 0 radical (unpaired) electrons. The highest BCUT2D eigenvalue weighted by atomic mass is 35.5. The predicted octanol–water partition coefficient (Wildman–Crippen LogP) is 4.01. The molecule has 1 aliphatic heterocycles. The Morgan fingerprint density at radius 2 is 2.00 bits per heavy atom. The quantitative estimate of drug-likeness (QED) is 0.916. The van der Waals surface area contributed by atoms with Crippen LogP contribution in [-0.2, 0) is 9.59 Å². The van der Waals surface area contributed by atoms with E-state index in [0.717, 1.165) is 17.5 Å². The van der Waals surface area contributed by atoms with Crippen LogP contribution >= 0.6 is 11.6 Å². The molecule has 1 N–H and O–H groups in total. The molecule has 3 rings (SSSR count). The average Bonchev–Trinajstić information content (AvgIpc) is 2.71. The zero-order valence-corrected chi connectivity index (χ0v) is 14.2. The van der Waals surface area contributed by atoms with Crippen molar-refractivity contribution in [2.24, 2.45) is 0 Å². The van der Waals surface area contributed by atoms with E-state index in [0.29, 0.717) is 17.1 Å². The maximum Gasteiger partial charge on any atom is 0.244 e. The van der Waals surface area contributed by atoms with Crippen molar-refractivity contribution in [3.63, 3.8) is 0 Å². The Hall–Kier alpha value is -2.33. The van der Waals surface area contributed by atoms with Crippen LogP contribution in [0.5, 0.6) is 0 Å². The van der Waals surface area contributed by atoms with Crippen molar-refractivity contribution >= 4 is 29.1 Å². The van der Waals surface area contributed by atoms with Gasteiger partial charge in [-0.2, -0.15) is 0 Å². The number of nitrogens with zero attached hydrogens (tertiary/aromatic N) is 1. The number of anilines is 1. The van der Waals surface area contributed by atoms with E-state index in [2.05, 4.69) is 5.32 Å². The van der Waals surface area contributed by atoms with Gasteiger partial charge in [0.15, 0.2) is 0 Å². The van der Waals surface area contributed by atoms with E-state index < -0.39 is 0 Å². The second-order valence-electron chi connectivity index (χ2n) is 5.86. The first-order chi connectivity index (χ1) is 11.6. The average molecular weight is 343 g/mol. The van der Waals surface area contributed by atoms with Crippen molar-refractivity contribution in [3.8, 4) is 0 Å². The number of halogens is 1. The predicted molar refractivity (Wildman–Crippen MR) is 95.0 cm³/mol. The molecule has 5 heteroatoms. The van der Waals surface area contributed by atoms with Crippen LogP contribution < -0.4 is 5.32 Å². The lowest BCUT2D eigenvalue weighted by Crippen LogP contribution is -2.38. The van der Waals surface area contributed by atoms with Crippen molar-refractivity contribution < 1.29 is 9.59 Å². The topological polar surface area (TPSA) is 49.4 Å². The Balaban J connectivity index is 2.16. The number of carbonyl (C=O) groups excluding carboxylic acids is 2. The lowest BCUT2D eigenvalue weighted by atomic mass is 9.95. The van der Waals surface area contributed by atoms with Crippen LogP contribution in [0.25, 0.3) is 0 Å². The minimum Gasteiger partial charge on any atom is -0.324 e. The van der Waals surface area contributed by atoms with E-state index in [1.807, 2.05) is 43.3 Å². The highest BCUT2D eigenvalue weighted by Crippen LogP contribution is 2.37. The number of fused-ring (bicyclic) bond motifs is 1. The molecule has 0 bridgehead atoms. The van der Waals surface area contributed by atoms with Crippen LogP contribution in [0, 0.1) is 0 Å². The summed E-state index contributed by atoms with van der Waals surface area (Å²) in [7, 11) is 0. The zero-order chi connectivity index (χ0) is 17.1. The third-order valence-corrected chi connectivity index (χ3v) is 4.34. The smallest absolute Gasteiger partial charge is 0.244 e. The molecule has 2 aromatic rings. The van der Waals surface area contributed by atoms with Gasteiger partial charge in [0.05, 0.1) is 6.04 Å². The van der Waals surface area contributed by atoms with Crippen LogP contribution in [0.2, 0.25) is 5.02 Å². The standard InChI is InChI=1S/C19H19ClN2O2/c1-2-6-18(24)22-12-17(23)21-16-11-14(20)9-10-15(16)19(22)13-7-4-3-5-8-13/h3-5,7-11,19H,2,6,12H2,1H3,(H,21,23). The molecule has 1 atom stereocenters. The van der Waals surface area contributed by atoms with Gasteiger partial charge < -0.3 is 10.2 Å². The van der Waals surface area contributed by atoms with Gasteiger partial charge in [0.25, 0.3) is 0 Å². The molecule has 4 nitrogen and oxygen atoms in total. The van der Waals surface area contributed by atoms with Crippen molar-refractivity contribution in [3.05, 3.63) is 64.7 Å². The number of hydrogen-bond donors (Lipinski definition) is 1. The zero-order valence-electron chi connectivity index (χ0n) is 13.5. The van der Waals surface area contributed by atoms with Crippen molar-refractivity contribution in [1.29, 1.82) is 0 Å². The summed E-state index contributed by atoms with van der Waals surface area (Å²) in [4.78, 5) is 26.6. The summed E-state index contributed by atoms with van der Waals surface area (Å²) >= 11 is 6.09. The van der Waals surface area contributed by atoms with Gasteiger partial charge in [0.2, 0.25) is 11.8 Å². The fraction of sp³-hybridized carbons (Fsp3) is 0.263. The number of carbonyl (C=O) groups is 2. The first kappa shape index (κ1) is 16.5. The van der Waals surface area contributed by atoms with Crippen LogP contribution in [0.15, 0.2) is 48.5 Å². The van der Waals surface area contributed by atoms with Crippen molar-refractivity contribution in [2.75, 3.05) is 11.9 Å². The molecular weight excluding hydrogens is 324 g/mol. The Labute approximate surface area is 146 Å². The molecular formula is C19H19ClN2O2. The van der Waals surface area contributed by atoms with E-state index in [9.17, 15) is 9.59 Å². The van der Waals surface area contributed by atoms with Crippen molar-refractivity contribution in [1.82, 2.24) is 4.90 Å². The van der Waals surface area contributed by atoms with Gasteiger partial charge in [-0.15, -0.1) is 0 Å². The third kappa shape index (κ3) is 3.29. The normalized spacial score (nSPS) is 17.0. The van der Waals surface area contributed by atoms with Gasteiger partial charge in [-0.1, -0.05) is 54.9 Å². The SMILES string of the molecule is CCCC(=O)N1CC(=O)Nc2cc(Cl)ccc2C1c1ccccc1. The van der Waals surface area contributed by atoms with Crippen LogP contribution in [0.1, 0.15) is 36.9 Å². The summed E-state index contributed by atoms with van der Waals surface area (Å²) in [5.41, 5.74) is 2.51. The van der Waals surface area contributed by atoms with Crippen LogP contribution in [-0.4, -0.2) is 23.3 Å². The molecule has 124 valence electrons. The monoisotopic (exact) mass is 342 g/mol. The van der Waals surface area contributed by atoms with Gasteiger partial charge >= 0.3 is 0 Å². The van der Waals surface area contributed by atoms with Crippen LogP contribution in [0.4, 0.5) is 5.69 Å². The Bertz CT molecular complexity index is 761. The highest BCUT2D eigenvalue weighted by Gasteiger charge is 2.32. The minimum atomic E-state index is -0.309. The molecule has 24 heavy (non-hydrogen) atoms. The second kappa shape index (κ2) is 7.05. The molecule has 0 fully saturated rings. The van der Waals surface area contributed by atoms with Gasteiger partial charge in [0, 0.05) is 22.7 Å². The molecule has 1 aliphatic rings. The molecule has 1 heterocycles. The number of nitrogens with one attached hydrogen (secondary N) is 1. The first-order valence-electron chi connectivity index (χ1n) is 8.04. The molecule has 2 aromatic carbocycles. The Kier molecular flexibility index (Phi) is 4.86. The van der Waals surface area contributed by atoms with Crippen LogP contribution in [0.3, 0.4) is 0 Å². The lowest BCUT2D eigenvalue weighted by Gasteiger charge is -2.30. The largest absolute Gasteiger partial charge is 0.324 e. The fourth-order valence-electron chi connectivity index (χ4n) is 3.06. The molecule has 0 saturated heterocycles. The summed E-state index contributed by atoms with van der Waals surface area (Å²) in [5.74, 6) is -0.231. The maximum atomic E-state index is 12.7. The van der Waals surface area contributed by atoms with Gasteiger partial charge in [0.1, 0.15) is 6.54 Å². The third-order valence-electron chi connectivity index (χ3n) is 4.11. The Morgan fingerprint density at radius 3 is 2.71 bits per heavy atom. The van der Waals surface area contributed by atoms with E-state index in [4.69, 9.17) is 11.6 Å². The first-order valence-corrected chi connectivity index (χ1v) is 8.41. The molecule has 0 aromatic heterocycles. The van der Waals surface area contributed by atoms with Gasteiger partial charge in [-0.25, -0.2) is 0 Å². The maximum absolute atomic E-state index is 12.7. The minimum absolute atomic E-state index is 0.0238. The number of rotatable bonds is 3. The summed E-state index contributed by atoms with van der Waals surface area (Å²) < 4.78 is 0. The number of benzene rings is 2. The summed E-state index contributed by atoms with van der Waals surface area (Å²) in [5, 5.41) is 3.42. The van der Waals surface area contributed by atoms with Crippen molar-refractivity contribution in [2.45, 2.75) is 25.8 Å². The molecule has 0 aliphatic carbocycles. The molecule has 2 amide bonds. The lowest BCUT2D eigenvalue weighted by molar-refractivity contribution is -0.136. The number of hydrogen-bond acceptors (Lipinski definition) is 2. The van der Waals surface area contributed by atoms with E-state index in [1.54, 1.807) is 17.0 Å². The molecule has 0 spiro atoms. The van der Waals surface area contributed by atoms with E-state index in [-0.39, 0.29) is 24.4 Å². The van der Waals surface area contributed by atoms with Gasteiger partial charge in [-0.05, 0) is 24.1 Å².